The summed E-state index contributed by atoms with van der Waals surface area (Å²) >= 11 is 0. The number of aliphatic hydroxyl groups excluding tert-OH is 1. The minimum atomic E-state index is 0.249. The van der Waals surface area contributed by atoms with Crippen molar-refractivity contribution in [2.45, 2.75) is 12.5 Å². The summed E-state index contributed by atoms with van der Waals surface area (Å²) in [6.07, 6.45) is 5.49. The number of likely N-dealkylation sites (N-methyl/N-ethyl adjacent to an activating group) is 1. The van der Waals surface area contributed by atoms with Crippen LogP contribution in [0.4, 0.5) is 0 Å². The third kappa shape index (κ3) is 1.52. The Labute approximate surface area is 112 Å². The summed E-state index contributed by atoms with van der Waals surface area (Å²) in [5.74, 6) is 0.290. The van der Waals surface area contributed by atoms with Crippen LogP contribution in [-0.4, -0.2) is 41.2 Å². The van der Waals surface area contributed by atoms with Crippen molar-refractivity contribution in [2.75, 3.05) is 20.2 Å². The number of rotatable bonds is 1. The molecular weight excluding hydrogens is 236 g/mol. The molecule has 98 valence electrons. The third-order valence-electron chi connectivity index (χ3n) is 4.67. The molecular formula is C16H18N2O. The van der Waals surface area contributed by atoms with E-state index in [-0.39, 0.29) is 6.61 Å². The van der Waals surface area contributed by atoms with Gasteiger partial charge in [0, 0.05) is 35.6 Å². The normalized spacial score (nSPS) is 26.3. The van der Waals surface area contributed by atoms with E-state index in [9.17, 15) is 5.11 Å². The van der Waals surface area contributed by atoms with Crippen molar-refractivity contribution in [3.8, 4) is 0 Å². The number of aromatic amines is 1. The molecule has 1 aromatic heterocycles. The molecule has 1 aromatic carbocycles. The Morgan fingerprint density at radius 3 is 3.16 bits per heavy atom. The van der Waals surface area contributed by atoms with E-state index >= 15 is 0 Å². The van der Waals surface area contributed by atoms with Crippen molar-refractivity contribution in [1.29, 1.82) is 0 Å². The van der Waals surface area contributed by atoms with Crippen LogP contribution in [0.5, 0.6) is 0 Å². The minimum absolute atomic E-state index is 0.249. The number of H-pyrrole nitrogens is 1. The number of aromatic nitrogens is 1. The molecule has 1 fully saturated rings. The van der Waals surface area contributed by atoms with Crippen molar-refractivity contribution >= 4 is 17.0 Å². The molecule has 0 spiro atoms. The monoisotopic (exact) mass is 254 g/mol. The van der Waals surface area contributed by atoms with Crippen molar-refractivity contribution in [3.05, 3.63) is 41.1 Å². The van der Waals surface area contributed by atoms with Gasteiger partial charge < -0.3 is 10.1 Å². The van der Waals surface area contributed by atoms with Gasteiger partial charge in [0.25, 0.3) is 0 Å². The van der Waals surface area contributed by atoms with E-state index in [0.717, 1.165) is 13.0 Å². The van der Waals surface area contributed by atoms with E-state index < -0.39 is 0 Å². The van der Waals surface area contributed by atoms with E-state index in [1.807, 2.05) is 0 Å². The minimum Gasteiger partial charge on any atom is -0.396 e. The summed E-state index contributed by atoms with van der Waals surface area (Å²) in [4.78, 5) is 5.74. The molecule has 0 bridgehead atoms. The van der Waals surface area contributed by atoms with Gasteiger partial charge in [-0.1, -0.05) is 18.2 Å². The number of nitrogens with one attached hydrogen (secondary N) is 1. The highest BCUT2D eigenvalue weighted by Gasteiger charge is 2.36. The fourth-order valence-corrected chi connectivity index (χ4v) is 3.71. The van der Waals surface area contributed by atoms with Gasteiger partial charge in [0.2, 0.25) is 0 Å². The molecule has 2 N–H and O–H groups in total. The standard InChI is InChI=1S/C16H18N2O/c1-18-8-12(9-19)13-5-10-3-2-4-14-16(10)11(7-17-14)6-15(13)18/h2-5,7,12,15,17,19H,6,8-9H2,1H3/t12-,15+/m1/s1. The highest BCUT2D eigenvalue weighted by atomic mass is 16.3. The van der Waals surface area contributed by atoms with Gasteiger partial charge in [0.15, 0.2) is 0 Å². The summed E-state index contributed by atoms with van der Waals surface area (Å²) < 4.78 is 0. The van der Waals surface area contributed by atoms with Crippen LogP contribution in [0.3, 0.4) is 0 Å². The molecule has 2 aliphatic rings. The Bertz CT molecular complexity index is 670. The predicted octanol–water partition coefficient (Wildman–Crippen LogP) is 2.03. The molecule has 2 atom stereocenters. The first-order chi connectivity index (χ1) is 9.28. The van der Waals surface area contributed by atoms with Crippen LogP contribution in [0, 0.1) is 5.92 Å². The Balaban J connectivity index is 1.95. The van der Waals surface area contributed by atoms with Crippen LogP contribution in [0.1, 0.15) is 11.1 Å². The Morgan fingerprint density at radius 2 is 2.32 bits per heavy atom. The van der Waals surface area contributed by atoms with Crippen molar-refractivity contribution in [3.63, 3.8) is 0 Å². The summed E-state index contributed by atoms with van der Waals surface area (Å²) in [6.45, 7) is 1.21. The molecule has 0 unspecified atom stereocenters. The number of likely N-dealkylation sites (tertiary alicyclic amines) is 1. The lowest BCUT2D eigenvalue weighted by Gasteiger charge is -2.19. The average Bonchev–Trinajstić information content (AvgIpc) is 2.89. The van der Waals surface area contributed by atoms with Gasteiger partial charge in [0.1, 0.15) is 0 Å². The number of fused-ring (bicyclic) bond motifs is 1. The van der Waals surface area contributed by atoms with E-state index in [1.165, 1.54) is 27.6 Å². The van der Waals surface area contributed by atoms with Crippen LogP contribution in [0.15, 0.2) is 30.0 Å². The maximum absolute atomic E-state index is 9.60. The van der Waals surface area contributed by atoms with E-state index in [2.05, 4.69) is 47.4 Å². The fourth-order valence-electron chi connectivity index (χ4n) is 3.71. The Kier molecular flexibility index (Phi) is 2.34. The number of nitrogens with zero attached hydrogens (tertiary/aromatic N) is 1. The third-order valence-corrected chi connectivity index (χ3v) is 4.67. The van der Waals surface area contributed by atoms with Gasteiger partial charge >= 0.3 is 0 Å². The lowest BCUT2D eigenvalue weighted by molar-refractivity contribution is 0.235. The zero-order valence-electron chi connectivity index (χ0n) is 11.1. The summed E-state index contributed by atoms with van der Waals surface area (Å²) in [5, 5.41) is 11.0. The van der Waals surface area contributed by atoms with E-state index in [0.29, 0.717) is 12.0 Å². The summed E-state index contributed by atoms with van der Waals surface area (Å²) in [5.41, 5.74) is 5.30. The first-order valence-electron chi connectivity index (χ1n) is 6.89. The lowest BCUT2D eigenvalue weighted by Crippen LogP contribution is -2.27. The first-order valence-corrected chi connectivity index (χ1v) is 6.89. The van der Waals surface area contributed by atoms with Crippen molar-refractivity contribution in [2.24, 2.45) is 5.92 Å². The number of hydrogen-bond acceptors (Lipinski definition) is 2. The molecule has 0 saturated carbocycles. The molecule has 0 radical (unpaired) electrons. The fraction of sp³-hybridized carbons (Fsp3) is 0.375. The van der Waals surface area contributed by atoms with Crippen LogP contribution in [0.25, 0.3) is 17.0 Å². The number of hydrogen-bond donors (Lipinski definition) is 2. The Hall–Kier alpha value is -1.58. The van der Waals surface area contributed by atoms with E-state index in [4.69, 9.17) is 0 Å². The Morgan fingerprint density at radius 1 is 1.42 bits per heavy atom. The number of benzene rings is 1. The van der Waals surface area contributed by atoms with Gasteiger partial charge in [-0.15, -0.1) is 0 Å². The van der Waals surface area contributed by atoms with Crippen LogP contribution in [-0.2, 0) is 6.42 Å². The SMILES string of the molecule is CN1C[C@H](CO)C2=Cc3cccc4[nH]cc(c34)C[C@@H]21. The van der Waals surface area contributed by atoms with Gasteiger partial charge in [-0.3, -0.25) is 4.90 Å². The molecule has 2 aromatic rings. The van der Waals surface area contributed by atoms with Gasteiger partial charge in [-0.25, -0.2) is 0 Å². The molecule has 0 amide bonds. The lowest BCUT2D eigenvalue weighted by atomic mass is 9.95. The molecule has 3 heteroatoms. The molecule has 4 rings (SSSR count). The largest absolute Gasteiger partial charge is 0.396 e. The second-order valence-electron chi connectivity index (χ2n) is 5.77. The van der Waals surface area contributed by atoms with Crippen LogP contribution in [0.2, 0.25) is 0 Å². The second kappa shape index (κ2) is 3.95. The molecule has 3 nitrogen and oxygen atoms in total. The smallest absolute Gasteiger partial charge is 0.0509 e. The predicted molar refractivity (Wildman–Crippen MR) is 77.0 cm³/mol. The average molecular weight is 254 g/mol. The van der Waals surface area contributed by atoms with E-state index in [1.54, 1.807) is 0 Å². The topological polar surface area (TPSA) is 39.3 Å². The molecule has 1 aliphatic heterocycles. The maximum atomic E-state index is 9.60. The van der Waals surface area contributed by atoms with Crippen molar-refractivity contribution in [1.82, 2.24) is 9.88 Å². The second-order valence-corrected chi connectivity index (χ2v) is 5.77. The van der Waals surface area contributed by atoms with Gasteiger partial charge in [-0.2, -0.15) is 0 Å². The highest BCUT2D eigenvalue weighted by Crippen LogP contribution is 2.37. The molecule has 2 heterocycles. The highest BCUT2D eigenvalue weighted by molar-refractivity contribution is 5.93. The zero-order valence-corrected chi connectivity index (χ0v) is 11.1. The maximum Gasteiger partial charge on any atom is 0.0509 e. The number of aliphatic hydroxyl groups is 1. The quantitative estimate of drug-likeness (QED) is 0.817. The van der Waals surface area contributed by atoms with Crippen molar-refractivity contribution < 1.29 is 5.11 Å². The first kappa shape index (κ1) is 11.3. The molecule has 19 heavy (non-hydrogen) atoms. The molecule has 1 aliphatic carbocycles. The van der Waals surface area contributed by atoms with Crippen LogP contribution >= 0.6 is 0 Å². The van der Waals surface area contributed by atoms with Gasteiger partial charge in [0.05, 0.1) is 6.61 Å². The summed E-state index contributed by atoms with van der Waals surface area (Å²) in [7, 11) is 2.16. The molecule has 1 saturated heterocycles. The van der Waals surface area contributed by atoms with Gasteiger partial charge in [-0.05, 0) is 36.2 Å². The van der Waals surface area contributed by atoms with Crippen LogP contribution < -0.4 is 0 Å². The summed E-state index contributed by atoms with van der Waals surface area (Å²) in [6, 6.07) is 6.85. The zero-order chi connectivity index (χ0) is 13.0.